The predicted octanol–water partition coefficient (Wildman–Crippen LogP) is 2.52. The fraction of sp³-hybridized carbons (Fsp3) is 0.588. The molecule has 1 aromatic rings. The Morgan fingerprint density at radius 2 is 1.91 bits per heavy atom. The Balaban J connectivity index is 0.00000242. The molecule has 2 rings (SSSR count). The van der Waals surface area contributed by atoms with Gasteiger partial charge in [-0.15, -0.1) is 24.8 Å². The number of halogens is 2. The molecule has 132 valence electrons. The van der Waals surface area contributed by atoms with Crippen LogP contribution >= 0.6 is 24.8 Å². The Morgan fingerprint density at radius 1 is 1.26 bits per heavy atom. The van der Waals surface area contributed by atoms with Gasteiger partial charge in [-0.2, -0.15) is 0 Å². The number of nitrogens with two attached hydrogens (primary N) is 1. The summed E-state index contributed by atoms with van der Waals surface area (Å²) in [5, 5.41) is 3.04. The first-order valence-corrected chi connectivity index (χ1v) is 7.81. The molecule has 1 heterocycles. The lowest BCUT2D eigenvalue weighted by Crippen LogP contribution is -2.53. The lowest BCUT2D eigenvalue weighted by molar-refractivity contribution is -0.121. The van der Waals surface area contributed by atoms with Gasteiger partial charge in [-0.25, -0.2) is 0 Å². The molecule has 0 radical (unpaired) electrons. The Hall–Kier alpha value is -0.810. The molecule has 1 aliphatic rings. The number of nitrogens with zero attached hydrogens (tertiary/aromatic N) is 1. The fourth-order valence-corrected chi connectivity index (χ4v) is 2.79. The van der Waals surface area contributed by atoms with Crippen molar-refractivity contribution in [2.24, 2.45) is 5.73 Å². The molecule has 3 N–H and O–H groups in total. The zero-order chi connectivity index (χ0) is 15.3. The van der Waals surface area contributed by atoms with Crippen molar-refractivity contribution in [2.75, 3.05) is 19.6 Å². The van der Waals surface area contributed by atoms with Crippen LogP contribution in [0.25, 0.3) is 0 Å². The third-order valence-corrected chi connectivity index (χ3v) is 4.31. The first kappa shape index (κ1) is 22.2. The highest BCUT2D eigenvalue weighted by molar-refractivity contribution is 5.85. The van der Waals surface area contributed by atoms with Crippen LogP contribution in [0.2, 0.25) is 0 Å². The van der Waals surface area contributed by atoms with E-state index in [0.29, 0.717) is 19.5 Å². The summed E-state index contributed by atoms with van der Waals surface area (Å²) in [5.41, 5.74) is 8.26. The van der Waals surface area contributed by atoms with Gasteiger partial charge in [0, 0.05) is 31.6 Å². The molecule has 1 aliphatic heterocycles. The van der Waals surface area contributed by atoms with Crippen molar-refractivity contribution in [3.05, 3.63) is 35.4 Å². The van der Waals surface area contributed by atoms with E-state index in [1.165, 1.54) is 11.1 Å². The van der Waals surface area contributed by atoms with E-state index >= 15 is 0 Å². The summed E-state index contributed by atoms with van der Waals surface area (Å²) in [4.78, 5) is 14.2. The van der Waals surface area contributed by atoms with Crippen LogP contribution in [-0.4, -0.2) is 36.0 Å². The van der Waals surface area contributed by atoms with Crippen LogP contribution < -0.4 is 11.1 Å². The van der Waals surface area contributed by atoms with E-state index in [2.05, 4.69) is 48.3 Å². The zero-order valence-corrected chi connectivity index (χ0v) is 15.6. The molecule has 0 atom stereocenters. The summed E-state index contributed by atoms with van der Waals surface area (Å²) in [6.07, 6.45) is 2.36. The molecular formula is C17H29Cl2N3O. The molecule has 0 bridgehead atoms. The van der Waals surface area contributed by atoms with Crippen LogP contribution in [0.1, 0.15) is 37.8 Å². The number of hydrogen-bond acceptors (Lipinski definition) is 3. The number of nitrogens with one attached hydrogen (secondary N) is 1. The second-order valence-corrected chi connectivity index (χ2v) is 6.42. The fourth-order valence-electron chi connectivity index (χ4n) is 2.79. The average molecular weight is 362 g/mol. The van der Waals surface area contributed by atoms with Gasteiger partial charge in [0.1, 0.15) is 0 Å². The van der Waals surface area contributed by atoms with Gasteiger partial charge in [-0.3, -0.25) is 9.69 Å². The molecule has 0 spiro atoms. The topological polar surface area (TPSA) is 58.4 Å². The standard InChI is InChI=1S/C17H27N3O.2ClH/c1-17(2,13-19-16(21)8-5-10-18)20-11-9-14-6-3-4-7-15(14)12-20;;/h3-4,6-7H,5,8-13,18H2,1-2H3,(H,19,21);2*1H. The van der Waals surface area contributed by atoms with E-state index in [-0.39, 0.29) is 36.3 Å². The van der Waals surface area contributed by atoms with Crippen molar-refractivity contribution in [1.29, 1.82) is 0 Å². The second-order valence-electron chi connectivity index (χ2n) is 6.42. The monoisotopic (exact) mass is 361 g/mol. The molecule has 0 saturated carbocycles. The third-order valence-electron chi connectivity index (χ3n) is 4.31. The Kier molecular flexibility index (Phi) is 9.78. The van der Waals surface area contributed by atoms with Gasteiger partial charge in [0.2, 0.25) is 5.91 Å². The van der Waals surface area contributed by atoms with Gasteiger partial charge in [-0.1, -0.05) is 24.3 Å². The zero-order valence-electron chi connectivity index (χ0n) is 14.0. The molecule has 6 heteroatoms. The number of carbonyl (C=O) groups is 1. The van der Waals surface area contributed by atoms with Gasteiger partial charge in [0.15, 0.2) is 0 Å². The number of benzene rings is 1. The van der Waals surface area contributed by atoms with E-state index < -0.39 is 0 Å². The number of amides is 1. The van der Waals surface area contributed by atoms with E-state index in [0.717, 1.165) is 25.9 Å². The van der Waals surface area contributed by atoms with Crippen molar-refractivity contribution < 1.29 is 4.79 Å². The maximum Gasteiger partial charge on any atom is 0.220 e. The van der Waals surface area contributed by atoms with Crippen LogP contribution in [-0.2, 0) is 17.8 Å². The number of fused-ring (bicyclic) bond motifs is 1. The van der Waals surface area contributed by atoms with Crippen LogP contribution in [0.15, 0.2) is 24.3 Å². The summed E-state index contributed by atoms with van der Waals surface area (Å²) in [6.45, 7) is 7.65. The summed E-state index contributed by atoms with van der Waals surface area (Å²) < 4.78 is 0. The predicted molar refractivity (Wildman–Crippen MR) is 100 cm³/mol. The molecule has 1 amide bonds. The lowest BCUT2D eigenvalue weighted by Gasteiger charge is -2.41. The van der Waals surface area contributed by atoms with Crippen molar-refractivity contribution in [2.45, 2.75) is 45.2 Å². The minimum Gasteiger partial charge on any atom is -0.354 e. The van der Waals surface area contributed by atoms with Gasteiger partial charge in [0.05, 0.1) is 0 Å². The van der Waals surface area contributed by atoms with Crippen molar-refractivity contribution in [1.82, 2.24) is 10.2 Å². The molecule has 1 aromatic carbocycles. The van der Waals surface area contributed by atoms with Crippen LogP contribution in [0.5, 0.6) is 0 Å². The Morgan fingerprint density at radius 3 is 2.57 bits per heavy atom. The van der Waals surface area contributed by atoms with E-state index in [1.807, 2.05) is 0 Å². The minimum absolute atomic E-state index is 0. The van der Waals surface area contributed by atoms with Crippen LogP contribution in [0.3, 0.4) is 0 Å². The summed E-state index contributed by atoms with van der Waals surface area (Å²) in [7, 11) is 0. The summed E-state index contributed by atoms with van der Waals surface area (Å²) in [6, 6.07) is 8.63. The molecule has 0 aliphatic carbocycles. The van der Waals surface area contributed by atoms with Crippen LogP contribution in [0, 0.1) is 0 Å². The molecule has 4 nitrogen and oxygen atoms in total. The van der Waals surface area contributed by atoms with Gasteiger partial charge < -0.3 is 11.1 Å². The Bertz CT molecular complexity index is 494. The van der Waals surface area contributed by atoms with E-state index in [4.69, 9.17) is 5.73 Å². The third kappa shape index (κ3) is 6.30. The van der Waals surface area contributed by atoms with E-state index in [1.54, 1.807) is 0 Å². The summed E-state index contributed by atoms with van der Waals surface area (Å²) in [5.74, 6) is 0.103. The maximum atomic E-state index is 11.7. The minimum atomic E-state index is -0.0358. The first-order chi connectivity index (χ1) is 10.0. The van der Waals surface area contributed by atoms with Crippen molar-refractivity contribution in [3.8, 4) is 0 Å². The average Bonchev–Trinajstić information content (AvgIpc) is 2.50. The number of hydrogen-bond donors (Lipinski definition) is 2. The van der Waals surface area contributed by atoms with Gasteiger partial charge in [-0.05, 0) is 44.4 Å². The second kappa shape index (κ2) is 10.1. The molecule has 0 saturated heterocycles. The first-order valence-electron chi connectivity index (χ1n) is 7.81. The van der Waals surface area contributed by atoms with E-state index in [9.17, 15) is 4.79 Å². The lowest BCUT2D eigenvalue weighted by atomic mass is 9.94. The summed E-state index contributed by atoms with van der Waals surface area (Å²) >= 11 is 0. The molecule has 23 heavy (non-hydrogen) atoms. The SMILES string of the molecule is CC(C)(CNC(=O)CCCN)N1CCc2ccccc2C1.Cl.Cl. The molecular weight excluding hydrogens is 333 g/mol. The van der Waals surface area contributed by atoms with Gasteiger partial charge in [0.25, 0.3) is 0 Å². The highest BCUT2D eigenvalue weighted by Crippen LogP contribution is 2.24. The molecule has 0 aromatic heterocycles. The highest BCUT2D eigenvalue weighted by Gasteiger charge is 2.29. The smallest absolute Gasteiger partial charge is 0.220 e. The maximum absolute atomic E-state index is 11.7. The Labute approximate surface area is 152 Å². The molecule has 0 unspecified atom stereocenters. The number of rotatable bonds is 6. The normalized spacial score (nSPS) is 14.2. The van der Waals surface area contributed by atoms with Crippen molar-refractivity contribution in [3.63, 3.8) is 0 Å². The number of carbonyl (C=O) groups excluding carboxylic acids is 1. The molecule has 0 fully saturated rings. The van der Waals surface area contributed by atoms with Crippen molar-refractivity contribution >= 4 is 30.7 Å². The quantitative estimate of drug-likeness (QED) is 0.818. The highest BCUT2D eigenvalue weighted by atomic mass is 35.5. The van der Waals surface area contributed by atoms with Crippen LogP contribution in [0.4, 0.5) is 0 Å². The van der Waals surface area contributed by atoms with Gasteiger partial charge >= 0.3 is 0 Å². The largest absolute Gasteiger partial charge is 0.354 e.